The molecular weight excluding hydrogens is 405 g/mol. The molecule has 0 aliphatic heterocycles. The highest BCUT2D eigenvalue weighted by atomic mass is 35.5. The van der Waals surface area contributed by atoms with Gasteiger partial charge in [-0.15, -0.1) is 17.5 Å². The highest BCUT2D eigenvalue weighted by Crippen LogP contribution is 2.31. The van der Waals surface area contributed by atoms with E-state index < -0.39 is 0 Å². The second-order valence-corrected chi connectivity index (χ2v) is 7.72. The van der Waals surface area contributed by atoms with Crippen LogP contribution in [0.3, 0.4) is 0 Å². The Bertz CT molecular complexity index is 1070. The van der Waals surface area contributed by atoms with Crippen molar-refractivity contribution in [1.29, 1.82) is 0 Å². The number of rotatable bonds is 4. The van der Waals surface area contributed by atoms with Crippen LogP contribution in [0, 0.1) is 5.82 Å². The van der Waals surface area contributed by atoms with E-state index in [0.29, 0.717) is 11.5 Å². The number of nitrogen functional groups attached to an aromatic ring is 1. The summed E-state index contributed by atoms with van der Waals surface area (Å²) < 4.78 is 15.2. The van der Waals surface area contributed by atoms with Crippen molar-refractivity contribution < 1.29 is 9.18 Å². The Labute approximate surface area is 181 Å². The number of carbonyl (C=O) groups excluding carboxylic acids is 1. The fraction of sp³-hybridized carbons (Fsp3) is 0.318. The van der Waals surface area contributed by atoms with E-state index in [1.807, 2.05) is 32.0 Å². The fourth-order valence-electron chi connectivity index (χ4n) is 3.80. The molecule has 8 heteroatoms. The summed E-state index contributed by atoms with van der Waals surface area (Å²) in [4.78, 5) is 17.4. The maximum absolute atomic E-state index is 13.7. The molecule has 6 nitrogen and oxygen atoms in total. The monoisotopic (exact) mass is 429 g/mol. The Kier molecular flexibility index (Phi) is 6.41. The average Bonchev–Trinajstić information content (AvgIpc) is 3.14. The van der Waals surface area contributed by atoms with Crippen LogP contribution in [-0.2, 0) is 6.42 Å². The summed E-state index contributed by atoms with van der Waals surface area (Å²) in [7, 11) is 0. The predicted molar refractivity (Wildman–Crippen MR) is 117 cm³/mol. The van der Waals surface area contributed by atoms with Crippen molar-refractivity contribution in [2.75, 3.05) is 5.73 Å². The van der Waals surface area contributed by atoms with E-state index in [-0.39, 0.29) is 41.9 Å². The van der Waals surface area contributed by atoms with E-state index >= 15 is 0 Å². The molecule has 3 aromatic rings. The molecule has 0 spiro atoms. The Balaban J connectivity index is 0.00000256. The predicted octanol–water partition coefficient (Wildman–Crippen LogP) is 4.34. The molecule has 2 aromatic carbocycles. The lowest BCUT2D eigenvalue weighted by atomic mass is 9.87. The number of amides is 1. The van der Waals surface area contributed by atoms with Gasteiger partial charge in [0.15, 0.2) is 0 Å². The normalized spacial score (nSPS) is 15.4. The number of fused-ring (bicyclic) bond motifs is 1. The maximum Gasteiger partial charge on any atom is 0.291 e. The molecule has 1 aliphatic carbocycles. The number of benzene rings is 2. The number of nitrogens with one attached hydrogen (secondary N) is 1. The van der Waals surface area contributed by atoms with Crippen molar-refractivity contribution in [3.8, 4) is 5.69 Å². The zero-order valence-corrected chi connectivity index (χ0v) is 17.7. The highest BCUT2D eigenvalue weighted by Gasteiger charge is 2.25. The van der Waals surface area contributed by atoms with Gasteiger partial charge in [0.05, 0.1) is 11.7 Å². The molecule has 1 aromatic heterocycles. The molecule has 0 bridgehead atoms. The van der Waals surface area contributed by atoms with E-state index in [1.165, 1.54) is 22.4 Å². The quantitative estimate of drug-likeness (QED) is 0.604. The third-order valence-electron chi connectivity index (χ3n) is 5.19. The minimum Gasteiger partial charge on any atom is -0.399 e. The number of hydrogen-bond acceptors (Lipinski definition) is 4. The maximum atomic E-state index is 13.7. The summed E-state index contributed by atoms with van der Waals surface area (Å²) in [6, 6.07) is 11.8. The Hall–Kier alpha value is -2.93. The lowest BCUT2D eigenvalue weighted by Gasteiger charge is -2.26. The van der Waals surface area contributed by atoms with E-state index in [2.05, 4.69) is 15.4 Å². The van der Waals surface area contributed by atoms with Crippen LogP contribution in [0.1, 0.15) is 66.2 Å². The zero-order valence-electron chi connectivity index (χ0n) is 16.9. The van der Waals surface area contributed by atoms with Crippen LogP contribution in [0.25, 0.3) is 5.69 Å². The average molecular weight is 430 g/mol. The molecule has 1 unspecified atom stereocenters. The molecule has 1 aliphatic rings. The van der Waals surface area contributed by atoms with Gasteiger partial charge in [-0.05, 0) is 60.7 Å². The van der Waals surface area contributed by atoms with Gasteiger partial charge in [0, 0.05) is 11.6 Å². The topological polar surface area (TPSA) is 85.8 Å². The number of nitrogens with two attached hydrogens (primary N) is 1. The minimum atomic E-state index is -0.364. The number of anilines is 1. The molecular formula is C22H25ClFN5O. The van der Waals surface area contributed by atoms with Crippen molar-refractivity contribution in [2.24, 2.45) is 0 Å². The first-order valence-corrected chi connectivity index (χ1v) is 9.84. The molecule has 158 valence electrons. The number of halogens is 2. The van der Waals surface area contributed by atoms with Gasteiger partial charge in [-0.3, -0.25) is 4.79 Å². The Morgan fingerprint density at radius 2 is 2.07 bits per heavy atom. The first-order chi connectivity index (χ1) is 13.9. The summed E-state index contributed by atoms with van der Waals surface area (Å²) in [5.74, 6) is 0.0114. The Morgan fingerprint density at radius 3 is 2.80 bits per heavy atom. The molecule has 3 N–H and O–H groups in total. The van der Waals surface area contributed by atoms with Crippen molar-refractivity contribution >= 4 is 24.0 Å². The van der Waals surface area contributed by atoms with Gasteiger partial charge in [-0.2, -0.15) is 0 Å². The molecule has 4 rings (SSSR count). The molecule has 30 heavy (non-hydrogen) atoms. The third kappa shape index (κ3) is 4.31. The van der Waals surface area contributed by atoms with Crippen molar-refractivity contribution in [3.05, 3.63) is 71.1 Å². The minimum absolute atomic E-state index is 0. The Morgan fingerprint density at radius 1 is 1.27 bits per heavy atom. The first kappa shape index (κ1) is 21.8. The van der Waals surface area contributed by atoms with E-state index in [9.17, 15) is 9.18 Å². The van der Waals surface area contributed by atoms with Gasteiger partial charge >= 0.3 is 0 Å². The molecule has 1 amide bonds. The molecule has 0 saturated heterocycles. The van der Waals surface area contributed by atoms with Crippen LogP contribution in [0.15, 0.2) is 42.5 Å². The van der Waals surface area contributed by atoms with Crippen molar-refractivity contribution in [3.63, 3.8) is 0 Å². The molecule has 0 saturated carbocycles. The molecule has 1 atom stereocenters. The fourth-order valence-corrected chi connectivity index (χ4v) is 3.80. The number of hydrogen-bond donors (Lipinski definition) is 2. The summed E-state index contributed by atoms with van der Waals surface area (Å²) in [5.41, 5.74) is 9.43. The number of aromatic nitrogens is 3. The lowest BCUT2D eigenvalue weighted by Crippen LogP contribution is -2.31. The van der Waals surface area contributed by atoms with Crippen LogP contribution >= 0.6 is 12.4 Å². The summed E-state index contributed by atoms with van der Waals surface area (Å²) in [5, 5.41) is 7.45. The van der Waals surface area contributed by atoms with E-state index in [0.717, 1.165) is 30.5 Å². The highest BCUT2D eigenvalue weighted by molar-refractivity contribution is 5.90. The van der Waals surface area contributed by atoms with Gasteiger partial charge in [0.1, 0.15) is 11.6 Å². The van der Waals surface area contributed by atoms with Crippen LogP contribution in [-0.4, -0.2) is 20.7 Å². The lowest BCUT2D eigenvalue weighted by molar-refractivity contribution is 0.0922. The number of carbonyl (C=O) groups is 1. The van der Waals surface area contributed by atoms with Gasteiger partial charge in [-0.1, -0.05) is 26.0 Å². The second kappa shape index (κ2) is 8.83. The zero-order chi connectivity index (χ0) is 20.5. The molecule has 0 radical (unpaired) electrons. The van der Waals surface area contributed by atoms with Gasteiger partial charge in [-0.25, -0.2) is 14.1 Å². The molecule has 0 fully saturated rings. The third-order valence-corrected chi connectivity index (χ3v) is 5.19. The standard InChI is InChI=1S/C22H24FN5O.ClH/c1-13(2)21-26-20(27-28(21)17-7-4-6-15(23)12-17)22(29)25-19-8-3-5-14-11-16(24)9-10-18(14)19;/h4,6-7,9-13,19H,3,5,8,24H2,1-2H3,(H,25,29);1H. The largest absolute Gasteiger partial charge is 0.399 e. The van der Waals surface area contributed by atoms with Gasteiger partial charge in [0.2, 0.25) is 5.82 Å². The SMILES string of the molecule is CC(C)c1nc(C(=O)NC2CCCc3cc(N)ccc32)nn1-c1cccc(F)c1.Cl. The summed E-state index contributed by atoms with van der Waals surface area (Å²) in [6.07, 6.45) is 2.78. The smallest absolute Gasteiger partial charge is 0.291 e. The summed E-state index contributed by atoms with van der Waals surface area (Å²) in [6.45, 7) is 3.92. The molecule has 1 heterocycles. The van der Waals surface area contributed by atoms with Crippen LogP contribution in [0.4, 0.5) is 10.1 Å². The summed E-state index contributed by atoms with van der Waals surface area (Å²) >= 11 is 0. The van der Waals surface area contributed by atoms with Crippen LogP contribution in [0.5, 0.6) is 0 Å². The van der Waals surface area contributed by atoms with Gasteiger partial charge in [0.25, 0.3) is 5.91 Å². The first-order valence-electron chi connectivity index (χ1n) is 9.84. The van der Waals surface area contributed by atoms with E-state index in [4.69, 9.17) is 5.73 Å². The number of aryl methyl sites for hydroxylation is 1. The van der Waals surface area contributed by atoms with E-state index in [1.54, 1.807) is 12.1 Å². The van der Waals surface area contributed by atoms with Crippen LogP contribution < -0.4 is 11.1 Å². The number of nitrogens with zero attached hydrogens (tertiary/aromatic N) is 3. The van der Waals surface area contributed by atoms with Crippen LogP contribution in [0.2, 0.25) is 0 Å². The van der Waals surface area contributed by atoms with Gasteiger partial charge < -0.3 is 11.1 Å². The van der Waals surface area contributed by atoms with Crippen molar-refractivity contribution in [1.82, 2.24) is 20.1 Å². The second-order valence-electron chi connectivity index (χ2n) is 7.72. The van der Waals surface area contributed by atoms with Crippen molar-refractivity contribution in [2.45, 2.75) is 45.1 Å².